The number of para-hydroxylation sites is 1. The van der Waals surface area contributed by atoms with Gasteiger partial charge in [0.05, 0.1) is 24.2 Å². The van der Waals surface area contributed by atoms with E-state index < -0.39 is 11.6 Å². The number of halogens is 2. The molecule has 2 rings (SSSR count). The van der Waals surface area contributed by atoms with Crippen molar-refractivity contribution in [2.45, 2.75) is 0 Å². The number of nitrogens with one attached hydrogen (secondary N) is 1. The number of nitrogen functional groups attached to an aromatic ring is 1. The minimum atomic E-state index is -0.573. The Kier molecular flexibility index (Phi) is 3.32. The van der Waals surface area contributed by atoms with Crippen LogP contribution in [0.2, 0.25) is 0 Å². The summed E-state index contributed by atoms with van der Waals surface area (Å²) in [7, 11) is 1.43. The third kappa shape index (κ3) is 2.34. The van der Waals surface area contributed by atoms with E-state index in [0.717, 1.165) is 6.07 Å². The molecule has 0 atom stereocenters. The largest absolute Gasteiger partial charge is 0.495 e. The summed E-state index contributed by atoms with van der Waals surface area (Å²) in [6.07, 6.45) is 0. The van der Waals surface area contributed by atoms with Crippen molar-refractivity contribution < 1.29 is 13.5 Å². The highest BCUT2D eigenvalue weighted by Gasteiger charge is 2.10. The summed E-state index contributed by atoms with van der Waals surface area (Å²) in [5.74, 6) is -0.709. The summed E-state index contributed by atoms with van der Waals surface area (Å²) in [5.41, 5.74) is 6.03. The average molecular weight is 250 g/mol. The molecule has 0 saturated carbocycles. The summed E-state index contributed by atoms with van der Waals surface area (Å²) in [6.45, 7) is 0. The lowest BCUT2D eigenvalue weighted by Crippen LogP contribution is -2.00. The summed E-state index contributed by atoms with van der Waals surface area (Å²) in [5, 5.41) is 2.66. The molecule has 0 aliphatic heterocycles. The second-order valence-electron chi connectivity index (χ2n) is 3.68. The van der Waals surface area contributed by atoms with E-state index >= 15 is 0 Å². The predicted octanol–water partition coefficient (Wildman–Crippen LogP) is 3.30. The van der Waals surface area contributed by atoms with Gasteiger partial charge in [-0.3, -0.25) is 0 Å². The van der Waals surface area contributed by atoms with Crippen LogP contribution in [0, 0.1) is 11.6 Å². The highest BCUT2D eigenvalue weighted by Crippen LogP contribution is 2.30. The fourth-order valence-electron chi connectivity index (χ4n) is 1.55. The number of rotatable bonds is 3. The van der Waals surface area contributed by atoms with E-state index in [4.69, 9.17) is 10.5 Å². The molecule has 0 aliphatic carbocycles. The minimum Gasteiger partial charge on any atom is -0.495 e. The molecule has 0 bridgehead atoms. The second kappa shape index (κ2) is 4.91. The molecule has 0 fully saturated rings. The van der Waals surface area contributed by atoms with E-state index in [0.29, 0.717) is 5.75 Å². The van der Waals surface area contributed by atoms with E-state index in [-0.39, 0.29) is 17.1 Å². The summed E-state index contributed by atoms with van der Waals surface area (Å²) >= 11 is 0. The van der Waals surface area contributed by atoms with Crippen molar-refractivity contribution >= 4 is 17.1 Å². The van der Waals surface area contributed by atoms with Gasteiger partial charge < -0.3 is 15.8 Å². The molecule has 3 N–H and O–H groups in total. The first-order valence-corrected chi connectivity index (χ1v) is 5.26. The van der Waals surface area contributed by atoms with Gasteiger partial charge in [-0.15, -0.1) is 0 Å². The Bertz CT molecular complexity index is 573. The Hall–Kier alpha value is -2.30. The van der Waals surface area contributed by atoms with Gasteiger partial charge in [-0.25, -0.2) is 8.78 Å². The Morgan fingerprint density at radius 3 is 2.44 bits per heavy atom. The van der Waals surface area contributed by atoms with Crippen molar-refractivity contribution in [1.29, 1.82) is 0 Å². The highest BCUT2D eigenvalue weighted by molar-refractivity contribution is 5.67. The fourth-order valence-corrected chi connectivity index (χ4v) is 1.55. The van der Waals surface area contributed by atoms with Gasteiger partial charge in [-0.05, 0) is 12.1 Å². The normalized spacial score (nSPS) is 10.2. The number of anilines is 3. The zero-order valence-corrected chi connectivity index (χ0v) is 9.71. The monoisotopic (exact) mass is 250 g/mol. The van der Waals surface area contributed by atoms with E-state index in [1.807, 2.05) is 0 Å². The summed E-state index contributed by atoms with van der Waals surface area (Å²) in [6, 6.07) is 8.52. The molecule has 0 saturated heterocycles. The molecule has 0 unspecified atom stereocenters. The molecule has 0 aliphatic rings. The number of benzene rings is 2. The van der Waals surface area contributed by atoms with E-state index in [1.165, 1.54) is 25.3 Å². The van der Waals surface area contributed by atoms with E-state index in [1.54, 1.807) is 12.1 Å². The number of hydrogen-bond acceptors (Lipinski definition) is 3. The van der Waals surface area contributed by atoms with Gasteiger partial charge in [0.2, 0.25) is 0 Å². The molecule has 0 amide bonds. The van der Waals surface area contributed by atoms with Crippen LogP contribution in [0.15, 0.2) is 36.4 Å². The van der Waals surface area contributed by atoms with Crippen LogP contribution in [0.5, 0.6) is 5.75 Å². The van der Waals surface area contributed by atoms with Gasteiger partial charge in [0.1, 0.15) is 17.4 Å². The number of hydrogen-bond donors (Lipinski definition) is 2. The molecule has 0 heterocycles. The van der Waals surface area contributed by atoms with Crippen LogP contribution in [-0.2, 0) is 0 Å². The van der Waals surface area contributed by atoms with Crippen LogP contribution < -0.4 is 15.8 Å². The molecule has 0 radical (unpaired) electrons. The van der Waals surface area contributed by atoms with Crippen molar-refractivity contribution in [3.63, 3.8) is 0 Å². The molecule has 3 nitrogen and oxygen atoms in total. The topological polar surface area (TPSA) is 47.3 Å². The predicted molar refractivity (Wildman–Crippen MR) is 67.0 cm³/mol. The SMILES string of the molecule is COc1cc(Nc2ccccc2F)c(F)cc1N. The van der Waals surface area contributed by atoms with E-state index in [9.17, 15) is 8.78 Å². The van der Waals surface area contributed by atoms with Crippen LogP contribution in [0.4, 0.5) is 25.8 Å². The highest BCUT2D eigenvalue weighted by atomic mass is 19.1. The first kappa shape index (κ1) is 12.2. The molecular formula is C13H12F2N2O. The lowest BCUT2D eigenvalue weighted by atomic mass is 10.2. The molecule has 2 aromatic carbocycles. The van der Waals surface area contributed by atoms with Gasteiger partial charge in [-0.1, -0.05) is 12.1 Å². The molecule has 94 valence electrons. The quantitative estimate of drug-likeness (QED) is 0.822. The van der Waals surface area contributed by atoms with Crippen molar-refractivity contribution in [2.24, 2.45) is 0 Å². The Labute approximate surface area is 103 Å². The first-order valence-electron chi connectivity index (χ1n) is 5.26. The van der Waals surface area contributed by atoms with Crippen molar-refractivity contribution in [3.8, 4) is 5.75 Å². The molecule has 0 aromatic heterocycles. The van der Waals surface area contributed by atoms with Crippen molar-refractivity contribution in [2.75, 3.05) is 18.2 Å². The second-order valence-corrected chi connectivity index (χ2v) is 3.68. The maximum atomic E-state index is 13.7. The average Bonchev–Trinajstić information content (AvgIpc) is 2.35. The van der Waals surface area contributed by atoms with Crippen LogP contribution in [0.1, 0.15) is 0 Å². The van der Waals surface area contributed by atoms with Crippen LogP contribution in [-0.4, -0.2) is 7.11 Å². The number of methoxy groups -OCH3 is 1. The zero-order chi connectivity index (χ0) is 13.1. The maximum Gasteiger partial charge on any atom is 0.148 e. The lowest BCUT2D eigenvalue weighted by Gasteiger charge is -2.11. The molecule has 2 aromatic rings. The van der Waals surface area contributed by atoms with Gasteiger partial charge in [-0.2, -0.15) is 0 Å². The first-order chi connectivity index (χ1) is 8.61. The van der Waals surface area contributed by atoms with Gasteiger partial charge in [0.25, 0.3) is 0 Å². The number of ether oxygens (including phenoxy) is 1. The molecule has 18 heavy (non-hydrogen) atoms. The van der Waals surface area contributed by atoms with Gasteiger partial charge in [0.15, 0.2) is 0 Å². The minimum absolute atomic E-state index is 0.103. The molecular weight excluding hydrogens is 238 g/mol. The smallest absolute Gasteiger partial charge is 0.148 e. The third-order valence-corrected chi connectivity index (χ3v) is 2.46. The summed E-state index contributed by atoms with van der Waals surface area (Å²) in [4.78, 5) is 0. The summed E-state index contributed by atoms with van der Waals surface area (Å²) < 4.78 is 32.1. The third-order valence-electron chi connectivity index (χ3n) is 2.46. The molecule has 0 spiro atoms. The lowest BCUT2D eigenvalue weighted by molar-refractivity contribution is 0.416. The molecule has 5 heteroatoms. The Morgan fingerprint density at radius 1 is 1.06 bits per heavy atom. The Morgan fingerprint density at radius 2 is 1.78 bits per heavy atom. The Balaban J connectivity index is 2.38. The zero-order valence-electron chi connectivity index (χ0n) is 9.71. The van der Waals surface area contributed by atoms with Gasteiger partial charge >= 0.3 is 0 Å². The van der Waals surface area contributed by atoms with Crippen LogP contribution in [0.25, 0.3) is 0 Å². The maximum absolute atomic E-state index is 13.7. The standard InChI is InChI=1S/C13H12F2N2O/c1-18-13-7-12(9(15)6-10(13)16)17-11-5-3-2-4-8(11)14/h2-7,17H,16H2,1H3. The fraction of sp³-hybridized carbons (Fsp3) is 0.0769. The van der Waals surface area contributed by atoms with E-state index in [2.05, 4.69) is 5.32 Å². The van der Waals surface area contributed by atoms with Crippen LogP contribution >= 0.6 is 0 Å². The van der Waals surface area contributed by atoms with Crippen molar-refractivity contribution in [1.82, 2.24) is 0 Å². The van der Waals surface area contributed by atoms with Gasteiger partial charge in [0, 0.05) is 12.1 Å². The van der Waals surface area contributed by atoms with Crippen molar-refractivity contribution in [3.05, 3.63) is 48.0 Å². The van der Waals surface area contributed by atoms with Crippen LogP contribution in [0.3, 0.4) is 0 Å². The number of nitrogens with two attached hydrogens (primary N) is 1.